The average molecular weight is 267 g/mol. The van der Waals surface area contributed by atoms with E-state index in [1.165, 1.54) is 11.8 Å². The molecule has 0 fully saturated rings. The lowest BCUT2D eigenvalue weighted by atomic mass is 10.1. The zero-order chi connectivity index (χ0) is 13.6. The summed E-state index contributed by atoms with van der Waals surface area (Å²) in [5.74, 6) is 0.119. The third-order valence-corrected chi connectivity index (χ3v) is 3.48. The molecular formula is C14H21NO2S. The number of allylic oxidation sites excluding steroid dienone is 1. The molecule has 4 heteroatoms. The van der Waals surface area contributed by atoms with Gasteiger partial charge in [-0.2, -0.15) is 0 Å². The Morgan fingerprint density at radius 2 is 1.89 bits per heavy atom. The number of sulfone groups is 1. The molecule has 1 N–H and O–H groups in total. The van der Waals surface area contributed by atoms with Gasteiger partial charge in [0.25, 0.3) is 0 Å². The number of nitrogens with one attached hydrogen (secondary N) is 1. The highest BCUT2D eigenvalue weighted by Crippen LogP contribution is 2.14. The van der Waals surface area contributed by atoms with Gasteiger partial charge >= 0.3 is 0 Å². The van der Waals surface area contributed by atoms with E-state index in [2.05, 4.69) is 11.4 Å². The first-order chi connectivity index (χ1) is 8.38. The van der Waals surface area contributed by atoms with Crippen LogP contribution < -0.4 is 5.32 Å². The Morgan fingerprint density at radius 3 is 2.39 bits per heavy atom. The van der Waals surface area contributed by atoms with Crippen LogP contribution in [0.25, 0.3) is 0 Å². The van der Waals surface area contributed by atoms with E-state index in [9.17, 15) is 8.42 Å². The van der Waals surface area contributed by atoms with Crippen molar-refractivity contribution < 1.29 is 8.42 Å². The average Bonchev–Trinajstić information content (AvgIpc) is 2.27. The standard InChI is InChI=1S/C14H21NO2S/c1-12(2)9-10-15-14(11-18(3,16)17)13-7-5-4-6-8-13/h4-9,14-15H,10-11H2,1-3H3/t14-/m0/s1. The lowest BCUT2D eigenvalue weighted by Gasteiger charge is -2.17. The van der Waals surface area contributed by atoms with Crippen LogP contribution in [0.1, 0.15) is 25.5 Å². The molecule has 0 aliphatic rings. The molecule has 18 heavy (non-hydrogen) atoms. The fourth-order valence-corrected chi connectivity index (χ4v) is 2.58. The summed E-state index contributed by atoms with van der Waals surface area (Å²) in [6.45, 7) is 4.73. The highest BCUT2D eigenvalue weighted by molar-refractivity contribution is 7.90. The van der Waals surface area contributed by atoms with E-state index >= 15 is 0 Å². The molecule has 1 aromatic rings. The summed E-state index contributed by atoms with van der Waals surface area (Å²) in [4.78, 5) is 0. The minimum Gasteiger partial charge on any atom is -0.306 e. The molecule has 1 rings (SSSR count). The van der Waals surface area contributed by atoms with Crippen molar-refractivity contribution in [2.75, 3.05) is 18.6 Å². The molecular weight excluding hydrogens is 246 g/mol. The SMILES string of the molecule is CC(C)=CCN[C@@H](CS(C)(=O)=O)c1ccccc1. The summed E-state index contributed by atoms with van der Waals surface area (Å²) in [6.07, 6.45) is 3.32. The maximum atomic E-state index is 11.5. The molecule has 1 aromatic carbocycles. The van der Waals surface area contributed by atoms with E-state index in [1.807, 2.05) is 44.2 Å². The molecule has 0 spiro atoms. The lowest BCUT2D eigenvalue weighted by molar-refractivity contribution is 0.570. The summed E-state index contributed by atoms with van der Waals surface area (Å²) < 4.78 is 22.9. The first-order valence-electron chi connectivity index (χ1n) is 5.98. The fraction of sp³-hybridized carbons (Fsp3) is 0.429. The van der Waals surface area contributed by atoms with Crippen molar-refractivity contribution in [1.82, 2.24) is 5.32 Å². The van der Waals surface area contributed by atoms with Crippen molar-refractivity contribution in [2.45, 2.75) is 19.9 Å². The summed E-state index contributed by atoms with van der Waals surface area (Å²) in [7, 11) is -3.01. The quantitative estimate of drug-likeness (QED) is 0.805. The summed E-state index contributed by atoms with van der Waals surface area (Å²) in [5, 5.41) is 3.27. The van der Waals surface area contributed by atoms with E-state index in [-0.39, 0.29) is 11.8 Å². The van der Waals surface area contributed by atoms with E-state index in [1.54, 1.807) is 0 Å². The van der Waals surface area contributed by atoms with Gasteiger partial charge in [0.15, 0.2) is 0 Å². The van der Waals surface area contributed by atoms with Gasteiger partial charge in [-0.1, -0.05) is 42.0 Å². The molecule has 0 aliphatic carbocycles. The number of benzene rings is 1. The third-order valence-electron chi connectivity index (χ3n) is 2.55. The molecule has 1 atom stereocenters. The Morgan fingerprint density at radius 1 is 1.28 bits per heavy atom. The second-order valence-electron chi connectivity index (χ2n) is 4.75. The zero-order valence-electron chi connectivity index (χ0n) is 11.2. The molecule has 0 heterocycles. The maximum Gasteiger partial charge on any atom is 0.149 e. The molecule has 0 aromatic heterocycles. The van der Waals surface area contributed by atoms with Crippen LogP contribution >= 0.6 is 0 Å². The van der Waals surface area contributed by atoms with Gasteiger partial charge in [-0.3, -0.25) is 0 Å². The zero-order valence-corrected chi connectivity index (χ0v) is 12.0. The van der Waals surface area contributed by atoms with Gasteiger partial charge in [-0.25, -0.2) is 8.42 Å². The van der Waals surface area contributed by atoms with Crippen LogP contribution in [0.3, 0.4) is 0 Å². The number of rotatable bonds is 6. The Labute approximate surface area is 110 Å². The van der Waals surface area contributed by atoms with Crippen molar-refractivity contribution in [3.8, 4) is 0 Å². The minimum atomic E-state index is -3.01. The van der Waals surface area contributed by atoms with Crippen LogP contribution in [0.2, 0.25) is 0 Å². The van der Waals surface area contributed by atoms with Crippen LogP contribution in [0.5, 0.6) is 0 Å². The molecule has 0 amide bonds. The Balaban J connectivity index is 2.79. The number of hydrogen-bond acceptors (Lipinski definition) is 3. The minimum absolute atomic E-state index is 0.119. The van der Waals surface area contributed by atoms with Crippen molar-refractivity contribution in [2.24, 2.45) is 0 Å². The highest BCUT2D eigenvalue weighted by Gasteiger charge is 2.16. The van der Waals surface area contributed by atoms with Crippen LogP contribution in [0, 0.1) is 0 Å². The van der Waals surface area contributed by atoms with Crippen LogP contribution in [0.15, 0.2) is 42.0 Å². The van der Waals surface area contributed by atoms with E-state index in [0.29, 0.717) is 6.54 Å². The first kappa shape index (κ1) is 14.9. The first-order valence-corrected chi connectivity index (χ1v) is 8.04. The molecule has 0 radical (unpaired) electrons. The van der Waals surface area contributed by atoms with E-state index in [0.717, 1.165) is 5.56 Å². The van der Waals surface area contributed by atoms with Crippen molar-refractivity contribution >= 4 is 9.84 Å². The fourth-order valence-electron chi connectivity index (χ4n) is 1.67. The van der Waals surface area contributed by atoms with Gasteiger partial charge in [0.05, 0.1) is 5.75 Å². The Hall–Kier alpha value is -1.13. The highest BCUT2D eigenvalue weighted by atomic mass is 32.2. The van der Waals surface area contributed by atoms with Crippen molar-refractivity contribution in [1.29, 1.82) is 0 Å². The molecule has 0 unspecified atom stereocenters. The molecule has 100 valence electrons. The Kier molecular flexibility index (Phi) is 5.56. The largest absolute Gasteiger partial charge is 0.306 e. The second-order valence-corrected chi connectivity index (χ2v) is 6.93. The molecule has 0 saturated carbocycles. The van der Waals surface area contributed by atoms with Gasteiger partial charge in [0.2, 0.25) is 0 Å². The molecule has 0 aliphatic heterocycles. The van der Waals surface area contributed by atoms with Gasteiger partial charge in [-0.05, 0) is 19.4 Å². The van der Waals surface area contributed by atoms with Crippen LogP contribution in [0.4, 0.5) is 0 Å². The smallest absolute Gasteiger partial charge is 0.149 e. The molecule has 3 nitrogen and oxygen atoms in total. The van der Waals surface area contributed by atoms with Gasteiger partial charge < -0.3 is 5.32 Å². The summed E-state index contributed by atoms with van der Waals surface area (Å²) in [6, 6.07) is 9.52. The van der Waals surface area contributed by atoms with E-state index in [4.69, 9.17) is 0 Å². The van der Waals surface area contributed by atoms with Crippen molar-refractivity contribution in [3.05, 3.63) is 47.5 Å². The second kappa shape index (κ2) is 6.71. The third kappa shape index (κ3) is 5.98. The Bertz CT molecular complexity index is 488. The lowest BCUT2D eigenvalue weighted by Crippen LogP contribution is -2.28. The van der Waals surface area contributed by atoms with Crippen LogP contribution in [-0.2, 0) is 9.84 Å². The van der Waals surface area contributed by atoms with Gasteiger partial charge in [-0.15, -0.1) is 0 Å². The monoisotopic (exact) mass is 267 g/mol. The maximum absolute atomic E-state index is 11.5. The summed E-state index contributed by atoms with van der Waals surface area (Å²) >= 11 is 0. The van der Waals surface area contributed by atoms with Gasteiger partial charge in [0, 0.05) is 18.8 Å². The molecule has 0 bridgehead atoms. The van der Waals surface area contributed by atoms with Crippen LogP contribution in [-0.4, -0.2) is 27.0 Å². The normalized spacial score (nSPS) is 13.1. The molecule has 0 saturated heterocycles. The predicted octanol–water partition coefficient (Wildman–Crippen LogP) is 2.33. The van der Waals surface area contributed by atoms with Gasteiger partial charge in [0.1, 0.15) is 9.84 Å². The number of hydrogen-bond donors (Lipinski definition) is 1. The topological polar surface area (TPSA) is 46.2 Å². The summed E-state index contributed by atoms with van der Waals surface area (Å²) in [5.41, 5.74) is 2.22. The van der Waals surface area contributed by atoms with Crippen molar-refractivity contribution in [3.63, 3.8) is 0 Å². The predicted molar refractivity (Wildman–Crippen MR) is 76.3 cm³/mol. The van der Waals surface area contributed by atoms with E-state index < -0.39 is 9.84 Å².